The first-order chi connectivity index (χ1) is 8.04. The summed E-state index contributed by atoms with van der Waals surface area (Å²) in [5, 5.41) is 10.8. The molecule has 5 heteroatoms. The van der Waals surface area contributed by atoms with Crippen LogP contribution in [0.4, 0.5) is 4.39 Å². The topological polar surface area (TPSA) is 66.4 Å². The van der Waals surface area contributed by atoms with Crippen LogP contribution in [-0.4, -0.2) is 23.5 Å². The highest BCUT2D eigenvalue weighted by Crippen LogP contribution is 2.10. The molecule has 92 valence electrons. The predicted octanol–water partition coefficient (Wildman–Crippen LogP) is 1.59. The molecular weight excluding hydrogens is 225 g/mol. The Balaban J connectivity index is 2.63. The zero-order chi connectivity index (χ0) is 12.8. The standard InChI is InChI=1S/C12H14FNO3/c1-2-8-3-4-9(7-10(8)13)12(17)14-6-5-11(15)16/h3-4,7H,2,5-6H2,1H3,(H,14,17)(H,15,16). The second kappa shape index (κ2) is 5.98. The Morgan fingerprint density at radius 1 is 1.41 bits per heavy atom. The molecule has 0 radical (unpaired) electrons. The number of carbonyl (C=O) groups is 2. The van der Waals surface area contributed by atoms with Crippen molar-refractivity contribution in [2.24, 2.45) is 0 Å². The van der Waals surface area contributed by atoms with Crippen LogP contribution in [0.2, 0.25) is 0 Å². The lowest BCUT2D eigenvalue weighted by Crippen LogP contribution is -2.26. The number of carboxylic acids is 1. The Labute approximate surface area is 98.5 Å². The van der Waals surface area contributed by atoms with Gasteiger partial charge in [0.2, 0.25) is 0 Å². The first-order valence-corrected chi connectivity index (χ1v) is 5.33. The van der Waals surface area contributed by atoms with Crippen LogP contribution in [0, 0.1) is 5.82 Å². The van der Waals surface area contributed by atoms with Crippen molar-refractivity contribution in [3.05, 3.63) is 35.1 Å². The number of halogens is 1. The quantitative estimate of drug-likeness (QED) is 0.820. The Kier molecular flexibility index (Phi) is 4.63. The summed E-state index contributed by atoms with van der Waals surface area (Å²) in [5.41, 5.74) is 0.747. The number of nitrogens with one attached hydrogen (secondary N) is 1. The van der Waals surface area contributed by atoms with E-state index < -0.39 is 17.7 Å². The van der Waals surface area contributed by atoms with Crippen LogP contribution in [0.15, 0.2) is 18.2 Å². The van der Waals surface area contributed by atoms with Crippen LogP contribution in [0.25, 0.3) is 0 Å². The Morgan fingerprint density at radius 3 is 2.65 bits per heavy atom. The lowest BCUT2D eigenvalue weighted by Gasteiger charge is -2.05. The SMILES string of the molecule is CCc1ccc(C(=O)NCCC(=O)O)cc1F. The van der Waals surface area contributed by atoms with Gasteiger partial charge in [-0.1, -0.05) is 13.0 Å². The van der Waals surface area contributed by atoms with E-state index in [4.69, 9.17) is 5.11 Å². The predicted molar refractivity (Wildman–Crippen MR) is 60.4 cm³/mol. The van der Waals surface area contributed by atoms with Crippen LogP contribution in [0.5, 0.6) is 0 Å². The van der Waals surface area contributed by atoms with Crippen molar-refractivity contribution < 1.29 is 19.1 Å². The molecule has 0 heterocycles. The van der Waals surface area contributed by atoms with Gasteiger partial charge in [0, 0.05) is 12.1 Å². The molecule has 0 aliphatic carbocycles. The molecule has 17 heavy (non-hydrogen) atoms. The molecule has 0 saturated carbocycles. The number of aliphatic carboxylic acids is 1. The van der Waals surface area contributed by atoms with Gasteiger partial charge in [0.15, 0.2) is 0 Å². The van der Waals surface area contributed by atoms with Crippen molar-refractivity contribution >= 4 is 11.9 Å². The number of amides is 1. The maximum Gasteiger partial charge on any atom is 0.305 e. The van der Waals surface area contributed by atoms with E-state index in [9.17, 15) is 14.0 Å². The average molecular weight is 239 g/mol. The number of aryl methyl sites for hydroxylation is 1. The molecule has 0 aromatic heterocycles. The summed E-state index contributed by atoms with van der Waals surface area (Å²) in [4.78, 5) is 21.8. The van der Waals surface area contributed by atoms with Crippen molar-refractivity contribution in [3.8, 4) is 0 Å². The summed E-state index contributed by atoms with van der Waals surface area (Å²) >= 11 is 0. The van der Waals surface area contributed by atoms with E-state index in [-0.39, 0.29) is 18.5 Å². The lowest BCUT2D eigenvalue weighted by molar-refractivity contribution is -0.136. The first-order valence-electron chi connectivity index (χ1n) is 5.33. The lowest BCUT2D eigenvalue weighted by atomic mass is 10.1. The fraction of sp³-hybridized carbons (Fsp3) is 0.333. The van der Waals surface area contributed by atoms with Gasteiger partial charge in [-0.15, -0.1) is 0 Å². The maximum absolute atomic E-state index is 13.4. The highest BCUT2D eigenvalue weighted by Gasteiger charge is 2.09. The summed E-state index contributed by atoms with van der Waals surface area (Å²) in [6.07, 6.45) is 0.411. The number of benzene rings is 1. The maximum atomic E-state index is 13.4. The van der Waals surface area contributed by atoms with Gasteiger partial charge in [0.25, 0.3) is 5.91 Å². The third-order valence-corrected chi connectivity index (χ3v) is 2.32. The Morgan fingerprint density at radius 2 is 2.12 bits per heavy atom. The number of carboxylic acid groups (broad SMARTS) is 1. The molecule has 2 N–H and O–H groups in total. The minimum absolute atomic E-state index is 0.0331. The van der Waals surface area contributed by atoms with Crippen LogP contribution >= 0.6 is 0 Å². The summed E-state index contributed by atoms with van der Waals surface area (Å²) in [6.45, 7) is 1.86. The van der Waals surface area contributed by atoms with Crippen molar-refractivity contribution in [2.45, 2.75) is 19.8 Å². The zero-order valence-electron chi connectivity index (χ0n) is 9.50. The molecule has 0 bridgehead atoms. The largest absolute Gasteiger partial charge is 0.481 e. The minimum Gasteiger partial charge on any atom is -0.481 e. The van der Waals surface area contributed by atoms with E-state index in [1.54, 1.807) is 6.07 Å². The molecule has 0 unspecified atom stereocenters. The molecule has 4 nitrogen and oxygen atoms in total. The number of hydrogen-bond donors (Lipinski definition) is 2. The van der Waals surface area contributed by atoms with Crippen molar-refractivity contribution in [1.82, 2.24) is 5.32 Å². The van der Waals surface area contributed by atoms with Crippen molar-refractivity contribution in [3.63, 3.8) is 0 Å². The molecule has 1 aromatic rings. The van der Waals surface area contributed by atoms with Crippen LogP contribution < -0.4 is 5.32 Å². The third kappa shape index (κ3) is 3.86. The molecule has 0 aliphatic heterocycles. The van der Waals surface area contributed by atoms with Crippen molar-refractivity contribution in [1.29, 1.82) is 0 Å². The van der Waals surface area contributed by atoms with Gasteiger partial charge >= 0.3 is 5.97 Å². The van der Waals surface area contributed by atoms with Crippen molar-refractivity contribution in [2.75, 3.05) is 6.54 Å². The molecule has 1 rings (SSSR count). The van der Waals surface area contributed by atoms with E-state index in [1.807, 2.05) is 6.92 Å². The number of carbonyl (C=O) groups excluding carboxylic acids is 1. The molecule has 0 fully saturated rings. The van der Waals surface area contributed by atoms with E-state index >= 15 is 0 Å². The summed E-state index contributed by atoms with van der Waals surface area (Å²) in [5.74, 6) is -1.87. The molecule has 0 saturated heterocycles. The number of rotatable bonds is 5. The summed E-state index contributed by atoms with van der Waals surface area (Å²) < 4.78 is 13.4. The normalized spacial score (nSPS) is 10.0. The van der Waals surface area contributed by atoms with E-state index in [0.29, 0.717) is 12.0 Å². The van der Waals surface area contributed by atoms with E-state index in [0.717, 1.165) is 6.07 Å². The Bertz CT molecular complexity index is 432. The molecule has 0 spiro atoms. The van der Waals surface area contributed by atoms with Gasteiger partial charge in [-0.25, -0.2) is 4.39 Å². The zero-order valence-corrected chi connectivity index (χ0v) is 9.50. The third-order valence-electron chi connectivity index (χ3n) is 2.32. The second-order valence-corrected chi connectivity index (χ2v) is 3.56. The van der Waals surface area contributed by atoms with Gasteiger partial charge in [-0.05, 0) is 24.1 Å². The van der Waals surface area contributed by atoms with Crippen LogP contribution in [-0.2, 0) is 11.2 Å². The van der Waals surface area contributed by atoms with Crippen LogP contribution in [0.1, 0.15) is 29.3 Å². The molecule has 1 amide bonds. The monoisotopic (exact) mass is 239 g/mol. The minimum atomic E-state index is -0.988. The summed E-state index contributed by atoms with van der Waals surface area (Å²) in [6, 6.07) is 4.24. The van der Waals surface area contributed by atoms with E-state index in [2.05, 4.69) is 5.32 Å². The molecule has 0 atom stereocenters. The fourth-order valence-electron chi connectivity index (χ4n) is 1.36. The highest BCUT2D eigenvalue weighted by molar-refractivity contribution is 5.94. The fourth-order valence-corrected chi connectivity index (χ4v) is 1.36. The van der Waals surface area contributed by atoms with Gasteiger partial charge < -0.3 is 10.4 Å². The highest BCUT2D eigenvalue weighted by atomic mass is 19.1. The van der Waals surface area contributed by atoms with Gasteiger partial charge in [0.05, 0.1) is 6.42 Å². The molecule has 1 aromatic carbocycles. The first kappa shape index (κ1) is 13.2. The second-order valence-electron chi connectivity index (χ2n) is 3.56. The molecular formula is C12H14FNO3. The van der Waals surface area contributed by atoms with E-state index in [1.165, 1.54) is 6.07 Å². The number of hydrogen-bond acceptors (Lipinski definition) is 2. The smallest absolute Gasteiger partial charge is 0.305 e. The Hall–Kier alpha value is -1.91. The van der Waals surface area contributed by atoms with Gasteiger partial charge in [0.1, 0.15) is 5.82 Å². The molecule has 0 aliphatic rings. The van der Waals surface area contributed by atoms with Gasteiger partial charge in [-0.2, -0.15) is 0 Å². The van der Waals surface area contributed by atoms with Crippen LogP contribution in [0.3, 0.4) is 0 Å². The summed E-state index contributed by atoms with van der Waals surface area (Å²) in [7, 11) is 0. The average Bonchev–Trinajstić information content (AvgIpc) is 2.28. The van der Waals surface area contributed by atoms with Gasteiger partial charge in [-0.3, -0.25) is 9.59 Å².